The van der Waals surface area contributed by atoms with Crippen LogP contribution in [0.5, 0.6) is 0 Å². The van der Waals surface area contributed by atoms with Crippen molar-refractivity contribution in [1.29, 1.82) is 5.26 Å². The quantitative estimate of drug-likeness (QED) is 0.731. The molecule has 0 bridgehead atoms. The van der Waals surface area contributed by atoms with E-state index < -0.39 is 0 Å². The van der Waals surface area contributed by atoms with E-state index >= 15 is 0 Å². The average molecular weight is 267 g/mol. The molecule has 1 N–H and O–H groups in total. The van der Waals surface area contributed by atoms with Crippen LogP contribution in [-0.4, -0.2) is 50.3 Å². The third-order valence-corrected chi connectivity index (χ3v) is 4.67. The Balaban J connectivity index is 2.53. The van der Waals surface area contributed by atoms with E-state index in [1.54, 1.807) is 7.11 Å². The van der Waals surface area contributed by atoms with Crippen LogP contribution in [0.25, 0.3) is 0 Å². The van der Waals surface area contributed by atoms with E-state index in [0.29, 0.717) is 12.0 Å². The van der Waals surface area contributed by atoms with E-state index in [1.807, 2.05) is 7.05 Å². The minimum atomic E-state index is -0.288. The van der Waals surface area contributed by atoms with Gasteiger partial charge >= 0.3 is 0 Å². The van der Waals surface area contributed by atoms with Gasteiger partial charge in [0.25, 0.3) is 0 Å². The molecular formula is C15H29N3O. The first-order chi connectivity index (χ1) is 9.13. The van der Waals surface area contributed by atoms with E-state index in [1.165, 1.54) is 12.8 Å². The first-order valence-electron chi connectivity index (χ1n) is 7.46. The molecule has 0 spiro atoms. The standard InChI is InChI=1S/C15H29N3O/c1-5-18(13(2)11-19-4)10-8-14-7-6-9-15(14,12-16)17-3/h13-14,17H,5-11H2,1-4H3. The smallest absolute Gasteiger partial charge is 0.109 e. The highest BCUT2D eigenvalue weighted by molar-refractivity contribution is 5.13. The summed E-state index contributed by atoms with van der Waals surface area (Å²) in [5, 5.41) is 12.7. The van der Waals surface area contributed by atoms with Crippen LogP contribution in [0.15, 0.2) is 0 Å². The Morgan fingerprint density at radius 3 is 2.84 bits per heavy atom. The van der Waals surface area contributed by atoms with Gasteiger partial charge in [0.2, 0.25) is 0 Å². The monoisotopic (exact) mass is 267 g/mol. The highest BCUT2D eigenvalue weighted by Crippen LogP contribution is 2.37. The van der Waals surface area contributed by atoms with Crippen molar-refractivity contribution in [1.82, 2.24) is 10.2 Å². The number of ether oxygens (including phenoxy) is 1. The zero-order chi connectivity index (χ0) is 14.3. The van der Waals surface area contributed by atoms with E-state index in [9.17, 15) is 5.26 Å². The predicted molar refractivity (Wildman–Crippen MR) is 77.9 cm³/mol. The van der Waals surface area contributed by atoms with Crippen molar-refractivity contribution in [3.05, 3.63) is 0 Å². The molecule has 4 heteroatoms. The number of methoxy groups -OCH3 is 1. The first-order valence-corrected chi connectivity index (χ1v) is 7.46. The lowest BCUT2D eigenvalue weighted by Crippen LogP contribution is -2.46. The van der Waals surface area contributed by atoms with Gasteiger partial charge in [0.1, 0.15) is 5.54 Å². The molecule has 0 aromatic rings. The van der Waals surface area contributed by atoms with Crippen molar-refractivity contribution in [2.75, 3.05) is 33.9 Å². The molecular weight excluding hydrogens is 238 g/mol. The van der Waals surface area contributed by atoms with Crippen LogP contribution in [0, 0.1) is 17.2 Å². The van der Waals surface area contributed by atoms with E-state index in [-0.39, 0.29) is 5.54 Å². The Morgan fingerprint density at radius 2 is 2.32 bits per heavy atom. The number of nitriles is 1. The second kappa shape index (κ2) is 7.84. The molecule has 4 nitrogen and oxygen atoms in total. The van der Waals surface area contributed by atoms with Crippen molar-refractivity contribution in [3.8, 4) is 6.07 Å². The van der Waals surface area contributed by atoms with Gasteiger partial charge in [0.05, 0.1) is 12.7 Å². The van der Waals surface area contributed by atoms with Gasteiger partial charge < -0.3 is 10.1 Å². The number of nitrogens with zero attached hydrogens (tertiary/aromatic N) is 2. The van der Waals surface area contributed by atoms with Crippen LogP contribution >= 0.6 is 0 Å². The van der Waals surface area contributed by atoms with Gasteiger partial charge in [-0.25, -0.2) is 0 Å². The molecule has 1 fully saturated rings. The molecule has 0 aromatic carbocycles. The van der Waals surface area contributed by atoms with E-state index in [2.05, 4.69) is 30.1 Å². The predicted octanol–water partition coefficient (Wildman–Crippen LogP) is 2.02. The fourth-order valence-electron chi connectivity index (χ4n) is 3.36. The second-order valence-corrected chi connectivity index (χ2v) is 5.64. The number of nitrogens with one attached hydrogen (secondary N) is 1. The van der Waals surface area contributed by atoms with Crippen LogP contribution in [0.4, 0.5) is 0 Å². The lowest BCUT2D eigenvalue weighted by Gasteiger charge is -2.32. The summed E-state index contributed by atoms with van der Waals surface area (Å²) >= 11 is 0. The summed E-state index contributed by atoms with van der Waals surface area (Å²) in [5.74, 6) is 0.478. The van der Waals surface area contributed by atoms with Gasteiger partial charge in [0, 0.05) is 13.2 Å². The van der Waals surface area contributed by atoms with Gasteiger partial charge in [-0.15, -0.1) is 0 Å². The Hall–Kier alpha value is -0.630. The van der Waals surface area contributed by atoms with Gasteiger partial charge in [-0.3, -0.25) is 4.90 Å². The fourth-order valence-corrected chi connectivity index (χ4v) is 3.36. The average Bonchev–Trinajstić information content (AvgIpc) is 2.83. The second-order valence-electron chi connectivity index (χ2n) is 5.64. The summed E-state index contributed by atoms with van der Waals surface area (Å²) in [4.78, 5) is 2.44. The minimum Gasteiger partial charge on any atom is -0.383 e. The summed E-state index contributed by atoms with van der Waals surface area (Å²) in [6.45, 7) is 7.26. The lowest BCUT2D eigenvalue weighted by molar-refractivity contribution is 0.0962. The highest BCUT2D eigenvalue weighted by Gasteiger charge is 2.41. The summed E-state index contributed by atoms with van der Waals surface area (Å²) in [6, 6.07) is 2.97. The topological polar surface area (TPSA) is 48.3 Å². The molecule has 1 aliphatic rings. The van der Waals surface area contributed by atoms with E-state index in [0.717, 1.165) is 32.5 Å². The molecule has 110 valence electrons. The van der Waals surface area contributed by atoms with E-state index in [4.69, 9.17) is 4.74 Å². The number of rotatable bonds is 8. The molecule has 0 amide bonds. The molecule has 19 heavy (non-hydrogen) atoms. The number of likely N-dealkylation sites (N-methyl/N-ethyl adjacent to an activating group) is 1. The Labute approximate surface area is 118 Å². The maximum atomic E-state index is 9.46. The first kappa shape index (κ1) is 16.4. The van der Waals surface area contributed by atoms with Crippen molar-refractivity contribution in [2.45, 2.75) is 51.1 Å². The molecule has 0 heterocycles. The molecule has 3 atom stereocenters. The fraction of sp³-hybridized carbons (Fsp3) is 0.933. The van der Waals surface area contributed by atoms with Crippen LogP contribution in [0.2, 0.25) is 0 Å². The normalized spacial score (nSPS) is 28.5. The van der Waals surface area contributed by atoms with Crippen molar-refractivity contribution in [3.63, 3.8) is 0 Å². The zero-order valence-corrected chi connectivity index (χ0v) is 12.9. The molecule has 0 aliphatic heterocycles. The van der Waals surface area contributed by atoms with Gasteiger partial charge in [-0.05, 0) is 52.2 Å². The maximum Gasteiger partial charge on any atom is 0.109 e. The SMILES string of the molecule is CCN(CCC1CCCC1(C#N)NC)C(C)COC. The highest BCUT2D eigenvalue weighted by atomic mass is 16.5. The van der Waals surface area contributed by atoms with Gasteiger partial charge in [-0.2, -0.15) is 5.26 Å². The van der Waals surface area contributed by atoms with Crippen molar-refractivity contribution in [2.24, 2.45) is 5.92 Å². The Kier molecular flexibility index (Phi) is 6.78. The Bertz CT molecular complexity index is 302. The van der Waals surface area contributed by atoms with Crippen molar-refractivity contribution >= 4 is 0 Å². The summed E-state index contributed by atoms with van der Waals surface area (Å²) < 4.78 is 5.24. The third-order valence-electron chi connectivity index (χ3n) is 4.67. The molecule has 0 radical (unpaired) electrons. The summed E-state index contributed by atoms with van der Waals surface area (Å²) in [6.07, 6.45) is 4.42. The van der Waals surface area contributed by atoms with Crippen molar-refractivity contribution < 1.29 is 4.74 Å². The van der Waals surface area contributed by atoms with Gasteiger partial charge in [-0.1, -0.05) is 13.3 Å². The molecule has 1 saturated carbocycles. The number of hydrogen-bond acceptors (Lipinski definition) is 4. The number of hydrogen-bond donors (Lipinski definition) is 1. The molecule has 0 aromatic heterocycles. The van der Waals surface area contributed by atoms with Crippen LogP contribution in [0.3, 0.4) is 0 Å². The maximum absolute atomic E-state index is 9.46. The molecule has 0 saturated heterocycles. The zero-order valence-electron chi connectivity index (χ0n) is 12.9. The molecule has 1 rings (SSSR count). The van der Waals surface area contributed by atoms with Crippen LogP contribution in [0.1, 0.15) is 39.5 Å². The summed E-state index contributed by atoms with van der Waals surface area (Å²) in [5.41, 5.74) is -0.288. The van der Waals surface area contributed by atoms with Gasteiger partial charge in [0.15, 0.2) is 0 Å². The third kappa shape index (κ3) is 3.92. The minimum absolute atomic E-state index is 0.288. The summed E-state index contributed by atoms with van der Waals surface area (Å²) in [7, 11) is 3.68. The van der Waals surface area contributed by atoms with Crippen LogP contribution in [-0.2, 0) is 4.74 Å². The molecule has 1 aliphatic carbocycles. The Morgan fingerprint density at radius 1 is 1.58 bits per heavy atom. The van der Waals surface area contributed by atoms with Crippen LogP contribution < -0.4 is 5.32 Å². The lowest BCUT2D eigenvalue weighted by atomic mass is 9.86. The molecule has 3 unspecified atom stereocenters. The largest absolute Gasteiger partial charge is 0.383 e.